The molecule has 180 valence electrons. The molecule has 0 atom stereocenters. The number of hydrogen-bond acceptors (Lipinski definition) is 7. The van der Waals surface area contributed by atoms with E-state index in [2.05, 4.69) is 15.3 Å². The molecule has 10 heteroatoms. The van der Waals surface area contributed by atoms with Crippen LogP contribution in [0.1, 0.15) is 39.3 Å². The molecule has 4 rings (SSSR count). The lowest BCUT2D eigenvalue weighted by molar-refractivity contribution is -0.128. The molecule has 0 bridgehead atoms. The largest absolute Gasteiger partial charge is 0.478 e. The smallest absolute Gasteiger partial charge is 0.337 e. The van der Waals surface area contributed by atoms with Gasteiger partial charge in [-0.1, -0.05) is 0 Å². The highest BCUT2D eigenvalue weighted by atomic mass is 16.5. The Morgan fingerprint density at radius 1 is 1.11 bits per heavy atom. The molecule has 10 nitrogen and oxygen atoms in total. The number of rotatable bonds is 8. The zero-order chi connectivity index (χ0) is 24.9. The molecule has 1 saturated heterocycles. The second kappa shape index (κ2) is 10.2. The van der Waals surface area contributed by atoms with E-state index in [-0.39, 0.29) is 17.4 Å². The van der Waals surface area contributed by atoms with Gasteiger partial charge in [-0.25, -0.2) is 14.8 Å². The molecule has 3 heterocycles. The zero-order valence-electron chi connectivity index (χ0n) is 19.4. The number of amides is 2. The van der Waals surface area contributed by atoms with Crippen molar-refractivity contribution in [1.29, 1.82) is 0 Å². The number of likely N-dealkylation sites (tertiary alicyclic amines) is 1. The van der Waals surface area contributed by atoms with Crippen LogP contribution in [0, 0.1) is 0 Å². The summed E-state index contributed by atoms with van der Waals surface area (Å²) in [6.45, 7) is 1.05. The molecule has 3 aromatic rings. The minimum Gasteiger partial charge on any atom is -0.478 e. The second-order valence-electron chi connectivity index (χ2n) is 8.28. The molecular weight excluding hydrogens is 450 g/mol. The highest BCUT2D eigenvalue weighted by Gasteiger charge is 2.22. The number of aromatic carboxylic acids is 1. The van der Waals surface area contributed by atoms with E-state index in [1.54, 1.807) is 49.3 Å². The average Bonchev–Trinajstić information content (AvgIpc) is 3.25. The van der Waals surface area contributed by atoms with Gasteiger partial charge in [0.15, 0.2) is 0 Å². The number of hydrogen-bond donors (Lipinski definition) is 2. The molecule has 1 aromatic carbocycles. The molecule has 0 spiro atoms. The fraction of sp³-hybridized carbons (Fsp3) is 0.240. The summed E-state index contributed by atoms with van der Waals surface area (Å²) < 4.78 is 6.06. The van der Waals surface area contributed by atoms with Crippen molar-refractivity contribution >= 4 is 29.3 Å². The molecule has 0 saturated carbocycles. The molecule has 0 unspecified atom stereocenters. The van der Waals surface area contributed by atoms with Gasteiger partial charge in [0.1, 0.15) is 23.0 Å². The van der Waals surface area contributed by atoms with Crippen molar-refractivity contribution in [2.24, 2.45) is 0 Å². The Morgan fingerprint density at radius 2 is 1.94 bits per heavy atom. The number of benzene rings is 1. The van der Waals surface area contributed by atoms with E-state index in [1.165, 1.54) is 23.4 Å². The molecule has 1 aliphatic rings. The molecule has 2 amide bonds. The van der Waals surface area contributed by atoms with Crippen LogP contribution in [0.15, 0.2) is 54.9 Å². The van der Waals surface area contributed by atoms with Gasteiger partial charge in [-0.05, 0) is 48.9 Å². The molecular formula is C25H25N5O5. The molecule has 0 radical (unpaired) electrons. The van der Waals surface area contributed by atoms with E-state index >= 15 is 0 Å². The van der Waals surface area contributed by atoms with Gasteiger partial charge in [-0.3, -0.25) is 9.59 Å². The van der Waals surface area contributed by atoms with Gasteiger partial charge < -0.3 is 25.0 Å². The molecule has 2 N–H and O–H groups in total. The highest BCUT2D eigenvalue weighted by molar-refractivity contribution is 5.92. The van der Waals surface area contributed by atoms with Crippen LogP contribution < -0.4 is 10.1 Å². The first-order chi connectivity index (χ1) is 16.8. The SMILES string of the molecule is CN(C)C(=O)c1ccc(Oc2ccc(Nc3ccc(C(=O)O)cn3)cc2CN2CCCC2=O)cn1. The molecule has 2 aromatic heterocycles. The van der Waals surface area contributed by atoms with E-state index in [0.29, 0.717) is 48.2 Å². The number of carboxylic acids is 1. The van der Waals surface area contributed by atoms with Gasteiger partial charge in [-0.2, -0.15) is 0 Å². The number of pyridine rings is 2. The Bertz CT molecular complexity index is 1240. The molecule has 35 heavy (non-hydrogen) atoms. The summed E-state index contributed by atoms with van der Waals surface area (Å²) in [5.74, 6) is 0.339. The van der Waals surface area contributed by atoms with Gasteiger partial charge in [0, 0.05) is 51.1 Å². The van der Waals surface area contributed by atoms with E-state index in [4.69, 9.17) is 9.84 Å². The summed E-state index contributed by atoms with van der Waals surface area (Å²) in [5, 5.41) is 12.2. The Hall–Kier alpha value is -4.47. The van der Waals surface area contributed by atoms with Crippen LogP contribution in [0.3, 0.4) is 0 Å². The summed E-state index contributed by atoms with van der Waals surface area (Å²) in [6, 6.07) is 11.8. The fourth-order valence-corrected chi connectivity index (χ4v) is 3.62. The summed E-state index contributed by atoms with van der Waals surface area (Å²) in [4.78, 5) is 46.9. The number of aromatic nitrogens is 2. The Morgan fingerprint density at radius 3 is 2.54 bits per heavy atom. The van der Waals surface area contributed by atoms with Crippen molar-refractivity contribution in [1.82, 2.24) is 19.8 Å². The van der Waals surface area contributed by atoms with Crippen LogP contribution in [0.2, 0.25) is 0 Å². The van der Waals surface area contributed by atoms with Gasteiger partial charge in [-0.15, -0.1) is 0 Å². The van der Waals surface area contributed by atoms with Gasteiger partial charge in [0.2, 0.25) is 5.91 Å². The van der Waals surface area contributed by atoms with E-state index in [9.17, 15) is 14.4 Å². The Balaban J connectivity index is 1.57. The van der Waals surface area contributed by atoms with Crippen molar-refractivity contribution in [2.75, 3.05) is 26.0 Å². The number of anilines is 2. The maximum absolute atomic E-state index is 12.2. The predicted molar refractivity (Wildman–Crippen MR) is 128 cm³/mol. The normalized spacial score (nSPS) is 13.0. The van der Waals surface area contributed by atoms with Crippen molar-refractivity contribution in [3.63, 3.8) is 0 Å². The maximum Gasteiger partial charge on any atom is 0.337 e. The number of carbonyl (C=O) groups is 3. The van der Waals surface area contributed by atoms with Crippen molar-refractivity contribution in [2.45, 2.75) is 19.4 Å². The molecule has 1 aliphatic heterocycles. The third-order valence-corrected chi connectivity index (χ3v) is 5.47. The lowest BCUT2D eigenvalue weighted by Crippen LogP contribution is -2.24. The van der Waals surface area contributed by atoms with Gasteiger partial charge >= 0.3 is 5.97 Å². The van der Waals surface area contributed by atoms with Crippen LogP contribution in [-0.2, 0) is 11.3 Å². The first-order valence-corrected chi connectivity index (χ1v) is 11.0. The Kier molecular flexibility index (Phi) is 6.91. The lowest BCUT2D eigenvalue weighted by Gasteiger charge is -2.19. The van der Waals surface area contributed by atoms with Crippen LogP contribution in [0.5, 0.6) is 11.5 Å². The number of carboxylic acid groups (broad SMARTS) is 1. The topological polar surface area (TPSA) is 125 Å². The van der Waals surface area contributed by atoms with Crippen molar-refractivity contribution in [3.8, 4) is 11.5 Å². The predicted octanol–water partition coefficient (Wildman–Crippen LogP) is 3.53. The van der Waals surface area contributed by atoms with Crippen LogP contribution in [0.4, 0.5) is 11.5 Å². The summed E-state index contributed by atoms with van der Waals surface area (Å²) >= 11 is 0. The fourth-order valence-electron chi connectivity index (χ4n) is 3.62. The number of nitrogens with one attached hydrogen (secondary N) is 1. The van der Waals surface area contributed by atoms with E-state index < -0.39 is 5.97 Å². The van der Waals surface area contributed by atoms with Crippen LogP contribution in [0.25, 0.3) is 0 Å². The second-order valence-corrected chi connectivity index (χ2v) is 8.28. The van der Waals surface area contributed by atoms with Crippen molar-refractivity contribution < 1.29 is 24.2 Å². The van der Waals surface area contributed by atoms with Crippen LogP contribution >= 0.6 is 0 Å². The maximum atomic E-state index is 12.2. The van der Waals surface area contributed by atoms with Crippen LogP contribution in [-0.4, -0.2) is 63.3 Å². The van der Waals surface area contributed by atoms with E-state index in [1.807, 2.05) is 6.07 Å². The average molecular weight is 476 g/mol. The zero-order valence-corrected chi connectivity index (χ0v) is 19.4. The van der Waals surface area contributed by atoms with Gasteiger partial charge in [0.05, 0.1) is 11.8 Å². The van der Waals surface area contributed by atoms with Gasteiger partial charge in [0.25, 0.3) is 5.91 Å². The summed E-state index contributed by atoms with van der Waals surface area (Å²) in [5.41, 5.74) is 1.89. The summed E-state index contributed by atoms with van der Waals surface area (Å²) in [7, 11) is 3.32. The first kappa shape index (κ1) is 23.7. The Labute approximate surface area is 202 Å². The highest BCUT2D eigenvalue weighted by Crippen LogP contribution is 2.31. The number of ether oxygens (including phenoxy) is 1. The summed E-state index contributed by atoms with van der Waals surface area (Å²) in [6.07, 6.45) is 4.11. The number of carbonyl (C=O) groups excluding carboxylic acids is 2. The third kappa shape index (κ3) is 5.72. The minimum atomic E-state index is -1.04. The third-order valence-electron chi connectivity index (χ3n) is 5.47. The lowest BCUT2D eigenvalue weighted by atomic mass is 10.1. The standard InChI is InChI=1S/C25H25N5O5/c1-29(2)24(32)20-8-7-19(14-26-20)35-21-9-6-18(12-17(21)15-30-11-3-4-23(30)31)28-22-10-5-16(13-27-22)25(33)34/h5-10,12-14H,3-4,11,15H2,1-2H3,(H,27,28)(H,33,34). The molecule has 1 fully saturated rings. The molecule has 0 aliphatic carbocycles. The number of nitrogens with zero attached hydrogens (tertiary/aromatic N) is 4. The minimum absolute atomic E-state index is 0.0912. The first-order valence-electron chi connectivity index (χ1n) is 11.0. The monoisotopic (exact) mass is 475 g/mol. The quantitative estimate of drug-likeness (QED) is 0.507. The van der Waals surface area contributed by atoms with Crippen molar-refractivity contribution in [3.05, 3.63) is 71.7 Å². The van der Waals surface area contributed by atoms with E-state index in [0.717, 1.165) is 12.0 Å².